The fourth-order valence-corrected chi connectivity index (χ4v) is 14.8. The largest absolute Gasteiger partial charge is 0.490 e. The summed E-state index contributed by atoms with van der Waals surface area (Å²) < 4.78 is 132. The zero-order valence-electron chi connectivity index (χ0n) is 40.5. The van der Waals surface area contributed by atoms with Crippen LogP contribution in [0.15, 0.2) is 34.9 Å². The van der Waals surface area contributed by atoms with Gasteiger partial charge in [0, 0.05) is 19.6 Å². The molecule has 16 atom stereocenters. The van der Waals surface area contributed by atoms with Gasteiger partial charge in [-0.1, -0.05) is 4.98 Å². The number of sulfonamides is 1. The number of phosphoric acid groups is 3. The average molecular weight is 1220 g/mol. The highest BCUT2D eigenvalue weighted by atomic mass is 32.2. The highest BCUT2D eigenvalue weighted by Gasteiger charge is 2.58. The Hall–Kier alpha value is -5.16. The molecule has 3 saturated heterocycles. The number of hydrogen-bond acceptors (Lipinski definition) is 29. The van der Waals surface area contributed by atoms with E-state index < -0.39 is 152 Å². The molecule has 3 aliphatic rings. The summed E-state index contributed by atoms with van der Waals surface area (Å²) in [5.41, 5.74) is 13.4. The lowest BCUT2D eigenvalue weighted by Gasteiger charge is -2.28. The van der Waals surface area contributed by atoms with E-state index in [0.29, 0.717) is 0 Å². The number of aromatic nitrogens is 12. The van der Waals surface area contributed by atoms with Crippen molar-refractivity contribution in [1.29, 1.82) is 0 Å². The Morgan fingerprint density at radius 2 is 1.34 bits per heavy atom. The maximum Gasteiger partial charge on any atom is 0.490 e. The number of H-pyrrole nitrogens is 2. The monoisotopic (exact) mass is 1220 g/mol. The van der Waals surface area contributed by atoms with E-state index in [-0.39, 0.29) is 51.2 Å². The molecular weight excluding hydrogens is 1170 g/mol. The van der Waals surface area contributed by atoms with Gasteiger partial charge in [-0.3, -0.25) is 46.9 Å². The van der Waals surface area contributed by atoms with Gasteiger partial charge in [0.05, 0.1) is 51.9 Å². The van der Waals surface area contributed by atoms with Gasteiger partial charge in [0.1, 0.15) is 54.1 Å². The molecule has 0 spiro atoms. The second kappa shape index (κ2) is 21.6. The molecule has 9 heterocycles. The van der Waals surface area contributed by atoms with Crippen molar-refractivity contribution >= 4 is 92.3 Å². The van der Waals surface area contributed by atoms with Crippen molar-refractivity contribution in [2.75, 3.05) is 56.9 Å². The number of nitrogen functional groups attached to an aromatic ring is 3. The Balaban J connectivity index is 0.896. The van der Waals surface area contributed by atoms with Crippen LogP contribution in [0, 0.1) is 5.92 Å². The Morgan fingerprint density at radius 1 is 0.747 bits per heavy atom. The van der Waals surface area contributed by atoms with E-state index in [9.17, 15) is 71.2 Å². The molecule has 0 bridgehead atoms. The number of anilines is 3. The van der Waals surface area contributed by atoms with E-state index in [1.807, 2.05) is 0 Å². The van der Waals surface area contributed by atoms with E-state index in [1.54, 1.807) is 0 Å². The number of aryl methyl sites for hydroxylation is 1. The Morgan fingerprint density at radius 3 is 2.00 bits per heavy atom. The number of aromatic amines is 2. The van der Waals surface area contributed by atoms with E-state index in [4.69, 9.17) is 49.7 Å². The van der Waals surface area contributed by atoms with Gasteiger partial charge in [0.2, 0.25) is 27.7 Å². The first kappa shape index (κ1) is 58.5. The second-order valence-electron chi connectivity index (χ2n) is 17.8. The van der Waals surface area contributed by atoms with Crippen LogP contribution in [0.2, 0.25) is 0 Å². The van der Waals surface area contributed by atoms with Crippen molar-refractivity contribution in [3.05, 3.63) is 46.0 Å². The minimum absolute atomic E-state index is 0.0208. The molecule has 6 aromatic rings. The Bertz CT molecular complexity index is 3750. The number of phosphoric ester groups is 2. The molecular formula is C34H49N16O24P4S+. The molecule has 9 rings (SSSR count). The zero-order chi connectivity index (χ0) is 57.5. The fourth-order valence-electron chi connectivity index (χ4n) is 9.08. The summed E-state index contributed by atoms with van der Waals surface area (Å²) in [7, 11) is -25.0. The van der Waals surface area contributed by atoms with Gasteiger partial charge < -0.3 is 75.6 Å². The molecule has 45 heteroatoms. The lowest BCUT2D eigenvalue weighted by molar-refractivity contribution is -0.745. The molecule has 0 saturated carbocycles. The molecule has 0 radical (unpaired) electrons. The molecule has 0 aromatic carbocycles. The molecule has 0 amide bonds. The number of methoxy groups -OCH3 is 1. The van der Waals surface area contributed by atoms with Crippen LogP contribution >= 0.6 is 31.1 Å². The number of nitrogens with one attached hydrogen (secondary N) is 3. The van der Waals surface area contributed by atoms with Gasteiger partial charge >= 0.3 is 36.7 Å². The van der Waals surface area contributed by atoms with Gasteiger partial charge in [-0.05, 0) is 0 Å². The van der Waals surface area contributed by atoms with Crippen LogP contribution in [0.25, 0.3) is 33.5 Å². The predicted octanol–water partition coefficient (Wildman–Crippen LogP) is -4.84. The van der Waals surface area contributed by atoms with Crippen LogP contribution < -0.4 is 37.6 Å². The molecule has 0 aliphatic carbocycles. The normalized spacial score (nSPS) is 29.7. The lowest BCUT2D eigenvalue weighted by Crippen LogP contribution is -2.46. The van der Waals surface area contributed by atoms with Gasteiger partial charge in [0.15, 0.2) is 41.4 Å². The van der Waals surface area contributed by atoms with E-state index in [2.05, 4.69) is 53.2 Å². The summed E-state index contributed by atoms with van der Waals surface area (Å²) >= 11 is 0. The number of nitrogens with two attached hydrogens (primary N) is 3. The molecule has 434 valence electrons. The first-order valence-electron chi connectivity index (χ1n) is 22.4. The van der Waals surface area contributed by atoms with Crippen molar-refractivity contribution in [3.63, 3.8) is 0 Å². The third-order valence-corrected chi connectivity index (χ3v) is 19.3. The summed E-state index contributed by atoms with van der Waals surface area (Å²) in [6.07, 6.45) is -11.4. The fraction of sp³-hybridized carbons (Fsp3) is 0.559. The summed E-state index contributed by atoms with van der Waals surface area (Å²) in [6.45, 7) is -4.04. The van der Waals surface area contributed by atoms with Crippen LogP contribution in [-0.2, 0) is 76.5 Å². The third-order valence-electron chi connectivity index (χ3n) is 12.5. The minimum atomic E-state index is -6.28. The third kappa shape index (κ3) is 12.0. The quantitative estimate of drug-likeness (QED) is 0.0237. The van der Waals surface area contributed by atoms with Gasteiger partial charge in [-0.15, -0.1) is 0 Å². The summed E-state index contributed by atoms with van der Waals surface area (Å²) in [6, 6.07) is 0. The maximum atomic E-state index is 14.4. The topological polar surface area (TPSA) is 579 Å². The van der Waals surface area contributed by atoms with Crippen molar-refractivity contribution in [3.8, 4) is 0 Å². The molecule has 6 aromatic heterocycles. The molecule has 40 nitrogen and oxygen atoms in total. The molecule has 3 fully saturated rings. The van der Waals surface area contributed by atoms with E-state index >= 15 is 0 Å². The standard InChI is InChI=1S/C34H48N16O24P4S/c1-47-11-50(27-18(47)29(55)46-34(37)44-27)30-19(51)12(4-42-79(3,64)65)13(70-30)5-68-76(58,59)73-78(62,63)74-77(60,61)69-7-15-23(22(66-2)32(72-15)48-9-40-16-24(35)38-8-39-25(16)48)75(56,57)67-6-14-20(52)21(53)31(71-14)49-10-41-17-26(49)43-33(36)45-28(17)54/h8-15,19-23,30-32,42,51-53H,4-7H2,1-3H3,(H11-,35,36,37,38,39,43,44,45,46,54,55,56,57,58,59,60,61,62,63)/p+1/t12-,13-,14-,15-,19-,20-,21-,22-,23-,30-,31-,32-/m1/s1. The van der Waals surface area contributed by atoms with Gasteiger partial charge in [-0.2, -0.15) is 13.6 Å². The molecule has 4 unspecified atom stereocenters. The lowest BCUT2D eigenvalue weighted by atomic mass is 9.98. The number of fused-ring (bicyclic) bond motifs is 3. The number of imidazole rings is 3. The predicted molar refractivity (Wildman–Crippen MR) is 258 cm³/mol. The number of rotatable bonds is 21. The van der Waals surface area contributed by atoms with Crippen molar-refractivity contribution in [2.24, 2.45) is 13.0 Å². The number of aliphatic hydroxyl groups excluding tert-OH is 3. The van der Waals surface area contributed by atoms with Gasteiger partial charge in [-0.25, -0.2) is 51.3 Å². The van der Waals surface area contributed by atoms with Crippen LogP contribution in [0.5, 0.6) is 0 Å². The van der Waals surface area contributed by atoms with Crippen LogP contribution in [0.3, 0.4) is 0 Å². The minimum Gasteiger partial charge on any atom is -0.387 e. The second-order valence-corrected chi connectivity index (χ2v) is 26.2. The summed E-state index contributed by atoms with van der Waals surface area (Å²) in [5.74, 6) is -2.11. The van der Waals surface area contributed by atoms with Crippen LogP contribution in [0.4, 0.5) is 17.7 Å². The molecule has 79 heavy (non-hydrogen) atoms. The van der Waals surface area contributed by atoms with Crippen LogP contribution in [0.1, 0.15) is 18.7 Å². The van der Waals surface area contributed by atoms with E-state index in [0.717, 1.165) is 41.5 Å². The highest BCUT2D eigenvalue weighted by molar-refractivity contribution is 7.88. The van der Waals surface area contributed by atoms with Crippen LogP contribution in [-0.4, -0.2) is 185 Å². The number of ether oxygens (including phenoxy) is 4. The number of aliphatic hydroxyl groups is 3. The zero-order valence-corrected chi connectivity index (χ0v) is 44.9. The average Bonchev–Trinajstić information content (AvgIpc) is 4.36. The summed E-state index contributed by atoms with van der Waals surface area (Å²) in [5, 5.41) is 33.4. The summed E-state index contributed by atoms with van der Waals surface area (Å²) in [4.78, 5) is 97.2. The smallest absolute Gasteiger partial charge is 0.387 e. The highest BCUT2D eigenvalue weighted by Crippen LogP contribution is 2.68. The van der Waals surface area contributed by atoms with E-state index in [1.165, 1.54) is 22.5 Å². The number of hydrogen-bond donors (Lipinski definition) is 13. The molecule has 16 N–H and O–H groups in total. The molecule has 3 aliphatic heterocycles. The maximum absolute atomic E-state index is 14.4. The van der Waals surface area contributed by atoms with Gasteiger partial charge in [0.25, 0.3) is 17.1 Å². The first-order chi connectivity index (χ1) is 36.9. The number of nitrogens with zero attached hydrogens (tertiary/aromatic N) is 10. The van der Waals surface area contributed by atoms with Crippen molar-refractivity contribution in [1.82, 2.24) is 58.3 Å². The van der Waals surface area contributed by atoms with Crippen molar-refractivity contribution < 1.29 is 107 Å². The Labute approximate surface area is 439 Å². The Kier molecular flexibility index (Phi) is 16.0. The SMILES string of the molecule is CO[C@@H]1[C@H](P(=O)(O)OC[C@H]2O[C@@H](n3cnc4c(=O)[nH]c(N)nc43)[C@H](O)[C@@H]2O)[C@@H](COP(=O)(O)OP(=O)(O)OP(=O)(O)OC[C@H]2O[C@@H]([n+]3cn(C)c4c(=O)[nH]c(N)nc43)[C@H](O)[C@@H]2CNS(C)(=O)=O)O[C@H]1n1cnc2c(N)ncnc21. The first-order valence-corrected chi connectivity index (χ1v) is 30.5. The van der Waals surface area contributed by atoms with Crippen molar-refractivity contribution in [2.45, 2.75) is 67.1 Å².